The summed E-state index contributed by atoms with van der Waals surface area (Å²) in [6.45, 7) is 3.41. The first kappa shape index (κ1) is 11.0. The van der Waals surface area contributed by atoms with Crippen molar-refractivity contribution in [2.24, 2.45) is 5.92 Å². The Morgan fingerprint density at radius 3 is 2.69 bits per heavy atom. The van der Waals surface area contributed by atoms with Gasteiger partial charge in [-0.05, 0) is 52.4 Å². The molecule has 0 heterocycles. The Kier molecular flexibility index (Phi) is 4.70. The molecule has 0 aromatic rings. The zero-order valence-corrected chi connectivity index (χ0v) is 8.79. The second-order valence-corrected chi connectivity index (χ2v) is 4.21. The number of aliphatic hydroxyl groups is 1. The summed E-state index contributed by atoms with van der Waals surface area (Å²) in [6.07, 6.45) is 3.23. The van der Waals surface area contributed by atoms with Crippen LogP contribution in [-0.2, 0) is 0 Å². The molecule has 1 saturated carbocycles. The van der Waals surface area contributed by atoms with Crippen molar-refractivity contribution in [3.63, 3.8) is 0 Å². The number of aliphatic hydroxyl groups excluding tert-OH is 1. The summed E-state index contributed by atoms with van der Waals surface area (Å²) in [7, 11) is 4.16. The van der Waals surface area contributed by atoms with Gasteiger partial charge in [-0.3, -0.25) is 0 Å². The van der Waals surface area contributed by atoms with Crippen molar-refractivity contribution in [2.75, 3.05) is 33.7 Å². The molecule has 2 N–H and O–H groups in total. The lowest BCUT2D eigenvalue weighted by Crippen LogP contribution is -2.37. The molecule has 13 heavy (non-hydrogen) atoms. The summed E-state index contributed by atoms with van der Waals surface area (Å²) in [6, 6.07) is 0. The van der Waals surface area contributed by atoms with Gasteiger partial charge in [-0.2, -0.15) is 0 Å². The average Bonchev–Trinajstić information content (AvgIpc) is 2.02. The highest BCUT2D eigenvalue weighted by Crippen LogP contribution is 2.27. The molecule has 1 fully saturated rings. The van der Waals surface area contributed by atoms with Gasteiger partial charge < -0.3 is 15.3 Å². The maximum atomic E-state index is 9.12. The highest BCUT2D eigenvalue weighted by Gasteiger charge is 2.27. The third-order valence-corrected chi connectivity index (χ3v) is 2.75. The molecule has 1 aliphatic carbocycles. The highest BCUT2D eigenvalue weighted by molar-refractivity contribution is 4.80. The molecule has 0 radical (unpaired) electrons. The lowest BCUT2D eigenvalue weighted by atomic mass is 9.82. The van der Waals surface area contributed by atoms with Crippen molar-refractivity contribution < 1.29 is 5.11 Å². The standard InChI is InChI=1S/C10H22N2O/c1-11-4-3-5-12(2)8-9-6-10(13)7-9/h9-11,13H,3-8H2,1-2H3. The fraction of sp³-hybridized carbons (Fsp3) is 1.00. The Morgan fingerprint density at radius 1 is 1.46 bits per heavy atom. The van der Waals surface area contributed by atoms with Crippen molar-refractivity contribution in [3.05, 3.63) is 0 Å². The van der Waals surface area contributed by atoms with Crippen molar-refractivity contribution in [3.8, 4) is 0 Å². The van der Waals surface area contributed by atoms with Crippen LogP contribution >= 0.6 is 0 Å². The molecule has 78 valence electrons. The number of hydrogen-bond donors (Lipinski definition) is 2. The van der Waals surface area contributed by atoms with Crippen LogP contribution in [0.2, 0.25) is 0 Å². The van der Waals surface area contributed by atoms with E-state index >= 15 is 0 Å². The summed E-state index contributed by atoms with van der Waals surface area (Å²) < 4.78 is 0. The van der Waals surface area contributed by atoms with Gasteiger partial charge in [-0.15, -0.1) is 0 Å². The topological polar surface area (TPSA) is 35.5 Å². The van der Waals surface area contributed by atoms with Gasteiger partial charge in [0.05, 0.1) is 6.10 Å². The lowest BCUT2D eigenvalue weighted by molar-refractivity contribution is 0.0283. The van der Waals surface area contributed by atoms with Crippen LogP contribution in [0.5, 0.6) is 0 Å². The second kappa shape index (κ2) is 5.58. The van der Waals surface area contributed by atoms with Crippen LogP contribution in [0.25, 0.3) is 0 Å². The predicted molar refractivity (Wildman–Crippen MR) is 54.8 cm³/mol. The van der Waals surface area contributed by atoms with Gasteiger partial charge in [0.25, 0.3) is 0 Å². The van der Waals surface area contributed by atoms with Crippen LogP contribution in [0.1, 0.15) is 19.3 Å². The Morgan fingerprint density at radius 2 is 2.15 bits per heavy atom. The van der Waals surface area contributed by atoms with Crippen molar-refractivity contribution in [1.82, 2.24) is 10.2 Å². The van der Waals surface area contributed by atoms with Crippen LogP contribution in [0, 0.1) is 5.92 Å². The largest absolute Gasteiger partial charge is 0.393 e. The van der Waals surface area contributed by atoms with Crippen molar-refractivity contribution in [2.45, 2.75) is 25.4 Å². The van der Waals surface area contributed by atoms with Crippen molar-refractivity contribution in [1.29, 1.82) is 0 Å². The molecule has 0 amide bonds. The quantitative estimate of drug-likeness (QED) is 0.586. The van der Waals surface area contributed by atoms with Gasteiger partial charge in [-0.25, -0.2) is 0 Å². The Bertz CT molecular complexity index is 135. The summed E-state index contributed by atoms with van der Waals surface area (Å²) in [5, 5.41) is 12.3. The van der Waals surface area contributed by atoms with E-state index in [4.69, 9.17) is 5.11 Å². The smallest absolute Gasteiger partial charge is 0.0546 e. The van der Waals surface area contributed by atoms with E-state index in [0.29, 0.717) is 0 Å². The van der Waals surface area contributed by atoms with Crippen LogP contribution in [-0.4, -0.2) is 49.8 Å². The van der Waals surface area contributed by atoms with E-state index in [-0.39, 0.29) is 6.10 Å². The minimum atomic E-state index is -0.00397. The van der Waals surface area contributed by atoms with Crippen LogP contribution in [0.15, 0.2) is 0 Å². The first-order valence-electron chi connectivity index (χ1n) is 5.23. The van der Waals surface area contributed by atoms with Crippen LogP contribution in [0.3, 0.4) is 0 Å². The normalized spacial score (nSPS) is 27.7. The summed E-state index contributed by atoms with van der Waals surface area (Å²) in [5.74, 6) is 0.745. The molecule has 0 aromatic heterocycles. The Labute approximate surface area is 81.1 Å². The zero-order chi connectivity index (χ0) is 9.68. The highest BCUT2D eigenvalue weighted by atomic mass is 16.3. The molecule has 0 aliphatic heterocycles. The molecular weight excluding hydrogens is 164 g/mol. The van der Waals surface area contributed by atoms with E-state index in [1.165, 1.54) is 6.42 Å². The van der Waals surface area contributed by atoms with Gasteiger partial charge in [0.15, 0.2) is 0 Å². The Balaban J connectivity index is 1.95. The molecule has 3 nitrogen and oxygen atoms in total. The fourth-order valence-corrected chi connectivity index (χ4v) is 1.91. The number of hydrogen-bond acceptors (Lipinski definition) is 3. The monoisotopic (exact) mass is 186 g/mol. The molecule has 0 bridgehead atoms. The summed E-state index contributed by atoms with van der Waals surface area (Å²) in [4.78, 5) is 2.37. The molecule has 0 atom stereocenters. The van der Waals surface area contributed by atoms with Gasteiger partial charge in [0, 0.05) is 6.54 Å². The van der Waals surface area contributed by atoms with Crippen molar-refractivity contribution >= 4 is 0 Å². The third-order valence-electron chi connectivity index (χ3n) is 2.75. The zero-order valence-electron chi connectivity index (χ0n) is 8.79. The lowest BCUT2D eigenvalue weighted by Gasteiger charge is -2.34. The Hall–Kier alpha value is -0.120. The fourth-order valence-electron chi connectivity index (χ4n) is 1.91. The van der Waals surface area contributed by atoms with Crippen LogP contribution in [0.4, 0.5) is 0 Å². The molecule has 0 unspecified atom stereocenters. The number of nitrogens with one attached hydrogen (secondary N) is 1. The summed E-state index contributed by atoms with van der Waals surface area (Å²) >= 11 is 0. The third kappa shape index (κ3) is 4.07. The van der Waals surface area contributed by atoms with E-state index in [1.807, 2.05) is 7.05 Å². The first-order chi connectivity index (χ1) is 6.22. The van der Waals surface area contributed by atoms with E-state index in [9.17, 15) is 0 Å². The predicted octanol–water partition coefficient (Wildman–Crippen LogP) is 0.299. The van der Waals surface area contributed by atoms with Gasteiger partial charge >= 0.3 is 0 Å². The van der Waals surface area contributed by atoms with E-state index in [0.717, 1.165) is 38.4 Å². The maximum Gasteiger partial charge on any atom is 0.0546 e. The SMILES string of the molecule is CNCCCN(C)CC1CC(O)C1. The van der Waals surface area contributed by atoms with E-state index in [1.54, 1.807) is 0 Å². The van der Waals surface area contributed by atoms with Crippen LogP contribution < -0.4 is 5.32 Å². The van der Waals surface area contributed by atoms with E-state index in [2.05, 4.69) is 17.3 Å². The summed E-state index contributed by atoms with van der Waals surface area (Å²) in [5.41, 5.74) is 0. The average molecular weight is 186 g/mol. The van der Waals surface area contributed by atoms with Gasteiger partial charge in [-0.1, -0.05) is 0 Å². The van der Waals surface area contributed by atoms with Gasteiger partial charge in [0.1, 0.15) is 0 Å². The minimum Gasteiger partial charge on any atom is -0.393 e. The maximum absolute atomic E-state index is 9.12. The molecule has 3 heteroatoms. The molecule has 1 aliphatic rings. The molecule has 0 spiro atoms. The number of rotatable bonds is 6. The minimum absolute atomic E-state index is 0.00397. The molecule has 0 aromatic carbocycles. The van der Waals surface area contributed by atoms with E-state index < -0.39 is 0 Å². The molecule has 1 rings (SSSR count). The second-order valence-electron chi connectivity index (χ2n) is 4.21. The van der Waals surface area contributed by atoms with Gasteiger partial charge in [0.2, 0.25) is 0 Å². The molecule has 0 saturated heterocycles. The first-order valence-corrected chi connectivity index (χ1v) is 5.23. The number of nitrogens with zero attached hydrogens (tertiary/aromatic N) is 1. The molecular formula is C10H22N2O.